The molecule has 0 saturated carbocycles. The lowest BCUT2D eigenvalue weighted by molar-refractivity contribution is -0.113. The van der Waals surface area contributed by atoms with Crippen molar-refractivity contribution in [2.45, 2.75) is 13.8 Å². The summed E-state index contributed by atoms with van der Waals surface area (Å²) in [5, 5.41) is 5.21. The lowest BCUT2D eigenvalue weighted by Crippen LogP contribution is -2.11. The highest BCUT2D eigenvalue weighted by atomic mass is 31.2. The first-order chi connectivity index (χ1) is 13.6. The van der Waals surface area contributed by atoms with Gasteiger partial charge in [0.15, 0.2) is 0 Å². The Morgan fingerprint density at radius 2 is 1.10 bits per heavy atom. The zero-order chi connectivity index (χ0) is 21.6. The van der Waals surface area contributed by atoms with Gasteiger partial charge in [-0.15, -0.1) is 0 Å². The second-order valence-corrected chi connectivity index (χ2v) is 7.47. The van der Waals surface area contributed by atoms with E-state index in [2.05, 4.69) is 23.8 Å². The molecule has 2 aromatic rings. The number of nitrogens with one attached hydrogen (secondary N) is 2. The molecule has 0 aliphatic heterocycles. The van der Waals surface area contributed by atoms with Crippen LogP contribution in [0, 0.1) is 0 Å². The molecule has 0 heterocycles. The lowest BCUT2D eigenvalue weighted by Gasteiger charge is -2.14. The molecule has 9 heteroatoms. The topological polar surface area (TPSA) is 114 Å². The molecule has 0 aliphatic carbocycles. The zero-order valence-electron chi connectivity index (χ0n) is 16.0. The number of rotatable bonds is 8. The first-order valence-corrected chi connectivity index (χ1v) is 9.91. The minimum atomic E-state index is -4.46. The Morgan fingerprint density at radius 3 is 1.38 bits per heavy atom. The van der Waals surface area contributed by atoms with E-state index in [4.69, 9.17) is 9.05 Å². The molecule has 0 bridgehead atoms. The fourth-order valence-electron chi connectivity index (χ4n) is 1.96. The third-order valence-corrected chi connectivity index (χ3v) is 4.32. The molecule has 2 aromatic carbocycles. The summed E-state index contributed by atoms with van der Waals surface area (Å²) in [6, 6.07) is 11.7. The molecular weight excluding hydrogens is 395 g/mol. The summed E-state index contributed by atoms with van der Waals surface area (Å²) in [5.74, 6) is -0.514. The van der Waals surface area contributed by atoms with Crippen LogP contribution in [0.4, 0.5) is 11.4 Å². The van der Waals surface area contributed by atoms with Crippen LogP contribution in [0.5, 0.6) is 11.5 Å². The highest BCUT2D eigenvalue weighted by Gasteiger charge is 2.25. The highest BCUT2D eigenvalue weighted by Crippen LogP contribution is 2.44. The summed E-state index contributed by atoms with van der Waals surface area (Å²) < 4.78 is 22.2. The molecule has 29 heavy (non-hydrogen) atoms. The number of anilines is 2. The third kappa shape index (κ3) is 6.95. The van der Waals surface area contributed by atoms with Crippen molar-refractivity contribution in [1.82, 2.24) is 0 Å². The van der Waals surface area contributed by atoms with Crippen molar-refractivity contribution >= 4 is 31.0 Å². The van der Waals surface area contributed by atoms with Gasteiger partial charge in [0.25, 0.3) is 11.8 Å². The van der Waals surface area contributed by atoms with Gasteiger partial charge in [-0.3, -0.25) is 14.5 Å². The number of carbonyl (C=O) groups is 2. The summed E-state index contributed by atoms with van der Waals surface area (Å²) in [6.45, 7) is 10.2. The summed E-state index contributed by atoms with van der Waals surface area (Å²) in [6.07, 6.45) is 0. The molecule has 8 nitrogen and oxygen atoms in total. The van der Waals surface area contributed by atoms with Crippen molar-refractivity contribution in [2.24, 2.45) is 0 Å². The average molecular weight is 416 g/mol. The largest absolute Gasteiger partial charge is 0.584 e. The van der Waals surface area contributed by atoms with Crippen molar-refractivity contribution in [1.29, 1.82) is 0 Å². The molecule has 2 rings (SSSR count). The van der Waals surface area contributed by atoms with Crippen molar-refractivity contribution in [2.75, 3.05) is 10.6 Å². The van der Waals surface area contributed by atoms with E-state index in [0.717, 1.165) is 0 Å². The van der Waals surface area contributed by atoms with Crippen LogP contribution >= 0.6 is 7.82 Å². The molecule has 0 radical (unpaired) electrons. The van der Waals surface area contributed by atoms with E-state index >= 15 is 0 Å². The Kier molecular flexibility index (Phi) is 6.98. The van der Waals surface area contributed by atoms with E-state index in [1.165, 1.54) is 48.5 Å². The highest BCUT2D eigenvalue weighted by molar-refractivity contribution is 7.48. The average Bonchev–Trinajstić information content (AvgIpc) is 2.64. The number of hydrogen-bond acceptors (Lipinski definition) is 5. The Labute approximate surface area is 168 Å². The molecule has 2 amide bonds. The van der Waals surface area contributed by atoms with Crippen molar-refractivity contribution < 1.29 is 28.1 Å². The predicted molar refractivity (Wildman–Crippen MR) is 111 cm³/mol. The zero-order valence-corrected chi connectivity index (χ0v) is 16.9. The summed E-state index contributed by atoms with van der Waals surface area (Å²) in [5.41, 5.74) is 1.66. The molecule has 0 aromatic heterocycles. The minimum absolute atomic E-state index is 0.0782. The van der Waals surface area contributed by atoms with Gasteiger partial charge in [0, 0.05) is 22.5 Å². The van der Waals surface area contributed by atoms with Crippen LogP contribution in [0.2, 0.25) is 0 Å². The Hall–Kier alpha value is -3.35. The van der Waals surface area contributed by atoms with E-state index in [-0.39, 0.29) is 23.3 Å². The van der Waals surface area contributed by atoms with Crippen LogP contribution in [0.3, 0.4) is 0 Å². The second kappa shape index (κ2) is 9.23. The maximum Gasteiger partial charge on any atom is 0.584 e. The van der Waals surface area contributed by atoms with Crippen LogP contribution in [0.15, 0.2) is 72.8 Å². The smallest absolute Gasteiger partial charge is 0.395 e. The number of amides is 2. The van der Waals surface area contributed by atoms with Crippen LogP contribution < -0.4 is 19.7 Å². The van der Waals surface area contributed by atoms with Gasteiger partial charge in [-0.2, -0.15) is 0 Å². The first-order valence-electron chi connectivity index (χ1n) is 8.41. The molecule has 0 fully saturated rings. The first kappa shape index (κ1) is 21.9. The lowest BCUT2D eigenvalue weighted by atomic mass is 10.2. The van der Waals surface area contributed by atoms with Gasteiger partial charge in [0.2, 0.25) is 0 Å². The monoisotopic (exact) mass is 416 g/mol. The standard InChI is InChI=1S/C20H21N2O6P/c1-13(2)19(23)21-15-5-9-17(10-6-15)27-29(25,26)28-18-11-7-16(8-12-18)22-20(24)14(3)4/h5-12H,1,3H2,2,4H3,(H,21,23)(H,22,24)(H,25,26). The molecule has 0 unspecified atom stereocenters. The third-order valence-electron chi connectivity index (χ3n) is 3.44. The van der Waals surface area contributed by atoms with Gasteiger partial charge >= 0.3 is 7.82 Å². The molecule has 3 N–H and O–H groups in total. The fraction of sp³-hybridized carbons (Fsp3) is 0.100. The second-order valence-electron chi connectivity index (χ2n) is 6.17. The molecule has 0 spiro atoms. The van der Waals surface area contributed by atoms with Crippen LogP contribution in [-0.4, -0.2) is 16.7 Å². The van der Waals surface area contributed by atoms with Crippen molar-refractivity contribution in [3.63, 3.8) is 0 Å². The van der Waals surface area contributed by atoms with Gasteiger partial charge in [-0.05, 0) is 62.4 Å². The maximum atomic E-state index is 12.2. The van der Waals surface area contributed by atoms with Gasteiger partial charge < -0.3 is 19.7 Å². The summed E-state index contributed by atoms with van der Waals surface area (Å²) in [7, 11) is -4.46. The van der Waals surface area contributed by atoms with E-state index in [9.17, 15) is 19.0 Å². The Balaban J connectivity index is 1.98. The van der Waals surface area contributed by atoms with Gasteiger partial charge in [0.05, 0.1) is 0 Å². The fourth-order valence-corrected chi connectivity index (χ4v) is 2.77. The Morgan fingerprint density at radius 1 is 0.793 bits per heavy atom. The van der Waals surface area contributed by atoms with Gasteiger partial charge in [-0.25, -0.2) is 4.57 Å². The van der Waals surface area contributed by atoms with E-state index in [1.54, 1.807) is 13.8 Å². The van der Waals surface area contributed by atoms with E-state index in [0.29, 0.717) is 22.5 Å². The van der Waals surface area contributed by atoms with E-state index < -0.39 is 7.82 Å². The van der Waals surface area contributed by atoms with Crippen LogP contribution in [0.1, 0.15) is 13.8 Å². The molecule has 0 saturated heterocycles. The summed E-state index contributed by atoms with van der Waals surface area (Å²) >= 11 is 0. The van der Waals surface area contributed by atoms with Gasteiger partial charge in [-0.1, -0.05) is 13.2 Å². The summed E-state index contributed by atoms with van der Waals surface area (Å²) in [4.78, 5) is 33.1. The number of carbonyl (C=O) groups excluding carboxylic acids is 2. The number of phosphoric acid groups is 1. The van der Waals surface area contributed by atoms with Crippen LogP contribution in [0.25, 0.3) is 0 Å². The molecule has 0 aliphatic rings. The maximum absolute atomic E-state index is 12.2. The van der Waals surface area contributed by atoms with Crippen molar-refractivity contribution in [3.8, 4) is 11.5 Å². The SMILES string of the molecule is C=C(C)C(=O)Nc1ccc(OP(=O)(O)Oc2ccc(NC(=O)C(=C)C)cc2)cc1. The van der Waals surface area contributed by atoms with Crippen LogP contribution in [-0.2, 0) is 14.2 Å². The van der Waals surface area contributed by atoms with E-state index in [1.807, 2.05) is 0 Å². The number of benzene rings is 2. The van der Waals surface area contributed by atoms with Gasteiger partial charge in [0.1, 0.15) is 11.5 Å². The normalized spacial score (nSPS) is 10.6. The molecule has 0 atom stereocenters. The van der Waals surface area contributed by atoms with Crippen molar-refractivity contribution in [3.05, 3.63) is 72.8 Å². The quantitative estimate of drug-likeness (QED) is 0.437. The number of hydrogen-bond donors (Lipinski definition) is 3. The molecular formula is C20H21N2O6P. The predicted octanol–water partition coefficient (Wildman–Crippen LogP) is 4.27. The Bertz CT molecular complexity index is 906. The minimum Gasteiger partial charge on any atom is -0.395 e. The molecule has 152 valence electrons. The number of phosphoric ester groups is 1.